The van der Waals surface area contributed by atoms with Crippen LogP contribution in [0, 0.1) is 5.92 Å². The van der Waals surface area contributed by atoms with Crippen molar-refractivity contribution in [2.75, 3.05) is 11.1 Å². The predicted octanol–water partition coefficient (Wildman–Crippen LogP) is 3.27. The third kappa shape index (κ3) is 2.49. The van der Waals surface area contributed by atoms with Gasteiger partial charge in [-0.1, -0.05) is 13.8 Å². The minimum atomic E-state index is 0.429. The van der Waals surface area contributed by atoms with Crippen LogP contribution in [-0.4, -0.2) is 11.0 Å². The zero-order valence-electron chi connectivity index (χ0n) is 10.6. The number of anilines is 2. The molecule has 0 fully saturated rings. The molecule has 0 spiro atoms. The summed E-state index contributed by atoms with van der Waals surface area (Å²) in [5, 5.41) is 4.64. The Balaban J connectivity index is 2.41. The van der Waals surface area contributed by atoms with E-state index in [1.54, 1.807) is 0 Å². The Bertz CT molecular complexity index is 520. The van der Waals surface area contributed by atoms with Crippen molar-refractivity contribution in [3.63, 3.8) is 0 Å². The van der Waals surface area contributed by atoms with Crippen LogP contribution in [0.2, 0.25) is 0 Å². The summed E-state index contributed by atoms with van der Waals surface area (Å²) >= 11 is 0. The van der Waals surface area contributed by atoms with Crippen molar-refractivity contribution < 1.29 is 0 Å². The van der Waals surface area contributed by atoms with Gasteiger partial charge in [-0.15, -0.1) is 0 Å². The maximum atomic E-state index is 5.76. The third-order valence-corrected chi connectivity index (χ3v) is 3.15. The van der Waals surface area contributed by atoms with Crippen molar-refractivity contribution >= 4 is 22.3 Å². The van der Waals surface area contributed by atoms with E-state index in [4.69, 9.17) is 5.73 Å². The molecule has 3 nitrogen and oxygen atoms in total. The van der Waals surface area contributed by atoms with Crippen molar-refractivity contribution in [2.45, 2.75) is 26.8 Å². The second-order valence-electron chi connectivity index (χ2n) is 4.81. The van der Waals surface area contributed by atoms with Gasteiger partial charge in [0.1, 0.15) is 0 Å². The highest BCUT2D eigenvalue weighted by Gasteiger charge is 2.09. The van der Waals surface area contributed by atoms with Gasteiger partial charge < -0.3 is 11.1 Å². The smallest absolute Gasteiger partial charge is 0.0743 e. The molecule has 3 N–H and O–H groups in total. The van der Waals surface area contributed by atoms with Gasteiger partial charge in [-0.3, -0.25) is 4.98 Å². The molecule has 0 aliphatic rings. The molecule has 0 amide bonds. The van der Waals surface area contributed by atoms with Gasteiger partial charge in [-0.05, 0) is 37.1 Å². The first-order valence-electron chi connectivity index (χ1n) is 5.98. The van der Waals surface area contributed by atoms with Crippen LogP contribution >= 0.6 is 0 Å². The lowest BCUT2D eigenvalue weighted by Crippen LogP contribution is -2.21. The van der Waals surface area contributed by atoms with E-state index in [0.717, 1.165) is 22.3 Å². The van der Waals surface area contributed by atoms with E-state index in [0.29, 0.717) is 12.0 Å². The number of nitrogens with zero attached hydrogens (tertiary/aromatic N) is 1. The van der Waals surface area contributed by atoms with Gasteiger partial charge in [-0.25, -0.2) is 0 Å². The van der Waals surface area contributed by atoms with E-state index in [-0.39, 0.29) is 0 Å². The molecule has 90 valence electrons. The fourth-order valence-electron chi connectivity index (χ4n) is 1.70. The number of fused-ring (bicyclic) bond motifs is 1. The first-order chi connectivity index (χ1) is 8.08. The van der Waals surface area contributed by atoms with Crippen LogP contribution in [-0.2, 0) is 0 Å². The van der Waals surface area contributed by atoms with E-state index in [1.165, 1.54) is 0 Å². The number of benzene rings is 1. The summed E-state index contributed by atoms with van der Waals surface area (Å²) in [6.07, 6.45) is 1.82. The number of rotatable bonds is 3. The van der Waals surface area contributed by atoms with Crippen molar-refractivity contribution in [3.8, 4) is 0 Å². The van der Waals surface area contributed by atoms with E-state index < -0.39 is 0 Å². The number of aromatic nitrogens is 1. The number of nitrogens with two attached hydrogens (primary N) is 1. The second-order valence-corrected chi connectivity index (χ2v) is 4.81. The van der Waals surface area contributed by atoms with Crippen molar-refractivity contribution in [1.29, 1.82) is 0 Å². The number of hydrogen-bond acceptors (Lipinski definition) is 3. The van der Waals surface area contributed by atoms with Crippen molar-refractivity contribution in [1.82, 2.24) is 4.98 Å². The fourth-order valence-corrected chi connectivity index (χ4v) is 1.70. The maximum Gasteiger partial charge on any atom is 0.0743 e. The summed E-state index contributed by atoms with van der Waals surface area (Å²) in [5.41, 5.74) is 8.57. The average molecular weight is 229 g/mol. The third-order valence-electron chi connectivity index (χ3n) is 3.15. The van der Waals surface area contributed by atoms with E-state index in [2.05, 4.69) is 31.1 Å². The quantitative estimate of drug-likeness (QED) is 0.794. The van der Waals surface area contributed by atoms with Gasteiger partial charge in [0, 0.05) is 29.0 Å². The van der Waals surface area contributed by atoms with Crippen molar-refractivity contribution in [3.05, 3.63) is 30.5 Å². The Hall–Kier alpha value is -1.77. The van der Waals surface area contributed by atoms with Gasteiger partial charge in [0.05, 0.1) is 5.52 Å². The monoisotopic (exact) mass is 229 g/mol. The first kappa shape index (κ1) is 11.7. The normalized spacial score (nSPS) is 12.9. The molecule has 1 aromatic heterocycles. The number of hydrogen-bond donors (Lipinski definition) is 2. The molecule has 0 saturated heterocycles. The highest BCUT2D eigenvalue weighted by Crippen LogP contribution is 2.24. The molecule has 1 aromatic carbocycles. The lowest BCUT2D eigenvalue weighted by molar-refractivity contribution is 0.560. The molecule has 0 radical (unpaired) electrons. The molecule has 2 rings (SSSR count). The van der Waals surface area contributed by atoms with E-state index in [1.807, 2.05) is 30.5 Å². The topological polar surface area (TPSA) is 50.9 Å². The SMILES string of the molecule is CC(C)C(C)Nc1ccnc2cc(N)ccc12. The molecule has 1 heterocycles. The average Bonchev–Trinajstić information content (AvgIpc) is 2.28. The van der Waals surface area contributed by atoms with E-state index in [9.17, 15) is 0 Å². The molecule has 0 saturated carbocycles. The summed E-state index contributed by atoms with van der Waals surface area (Å²) in [4.78, 5) is 4.33. The summed E-state index contributed by atoms with van der Waals surface area (Å²) in [5.74, 6) is 0.590. The molecule has 3 heteroatoms. The van der Waals surface area contributed by atoms with Crippen LogP contribution in [0.15, 0.2) is 30.5 Å². The highest BCUT2D eigenvalue weighted by atomic mass is 14.9. The minimum Gasteiger partial charge on any atom is -0.399 e. The largest absolute Gasteiger partial charge is 0.399 e. The Morgan fingerprint density at radius 2 is 1.94 bits per heavy atom. The zero-order chi connectivity index (χ0) is 12.4. The summed E-state index contributed by atoms with van der Waals surface area (Å²) in [6, 6.07) is 8.28. The van der Waals surface area contributed by atoms with Crippen LogP contribution in [0.25, 0.3) is 10.9 Å². The van der Waals surface area contributed by atoms with Gasteiger partial charge >= 0.3 is 0 Å². The minimum absolute atomic E-state index is 0.429. The Labute approximate surface area is 102 Å². The Morgan fingerprint density at radius 3 is 2.65 bits per heavy atom. The first-order valence-corrected chi connectivity index (χ1v) is 5.98. The summed E-state index contributed by atoms with van der Waals surface area (Å²) in [6.45, 7) is 6.60. The Morgan fingerprint density at radius 1 is 1.18 bits per heavy atom. The van der Waals surface area contributed by atoms with Crippen LogP contribution in [0.5, 0.6) is 0 Å². The molecular weight excluding hydrogens is 210 g/mol. The number of nitrogen functional groups attached to an aromatic ring is 1. The highest BCUT2D eigenvalue weighted by molar-refractivity contribution is 5.92. The molecule has 17 heavy (non-hydrogen) atoms. The van der Waals surface area contributed by atoms with Gasteiger partial charge in [0.2, 0.25) is 0 Å². The van der Waals surface area contributed by atoms with Crippen molar-refractivity contribution in [2.24, 2.45) is 5.92 Å². The summed E-state index contributed by atoms with van der Waals surface area (Å²) in [7, 11) is 0. The van der Waals surface area contributed by atoms with Crippen LogP contribution < -0.4 is 11.1 Å². The molecule has 1 atom stereocenters. The maximum absolute atomic E-state index is 5.76. The molecule has 0 aliphatic heterocycles. The number of pyridine rings is 1. The van der Waals surface area contributed by atoms with Crippen LogP contribution in [0.4, 0.5) is 11.4 Å². The Kier molecular flexibility index (Phi) is 3.18. The van der Waals surface area contributed by atoms with Gasteiger partial charge in [0.15, 0.2) is 0 Å². The molecule has 2 aromatic rings. The standard InChI is InChI=1S/C14H19N3/c1-9(2)10(3)17-13-6-7-16-14-8-11(15)4-5-12(13)14/h4-10H,15H2,1-3H3,(H,16,17). The van der Waals surface area contributed by atoms with E-state index >= 15 is 0 Å². The number of nitrogens with one attached hydrogen (secondary N) is 1. The molecule has 1 unspecified atom stereocenters. The van der Waals surface area contributed by atoms with Gasteiger partial charge in [-0.2, -0.15) is 0 Å². The molecule has 0 aliphatic carbocycles. The predicted molar refractivity (Wildman–Crippen MR) is 74.1 cm³/mol. The lowest BCUT2D eigenvalue weighted by atomic mass is 10.1. The van der Waals surface area contributed by atoms with Crippen LogP contribution in [0.1, 0.15) is 20.8 Å². The molecular formula is C14H19N3. The zero-order valence-corrected chi connectivity index (χ0v) is 10.6. The summed E-state index contributed by atoms with van der Waals surface area (Å²) < 4.78 is 0. The fraction of sp³-hybridized carbons (Fsp3) is 0.357. The lowest BCUT2D eigenvalue weighted by Gasteiger charge is -2.19. The second kappa shape index (κ2) is 4.62. The van der Waals surface area contributed by atoms with Gasteiger partial charge in [0.25, 0.3) is 0 Å². The molecule has 0 bridgehead atoms. The van der Waals surface area contributed by atoms with Crippen LogP contribution in [0.3, 0.4) is 0 Å².